The number of carbonyl (C=O) groups excluding carboxylic acids is 2. The molecule has 1 amide bonds. The Hall–Kier alpha value is -3.82. The van der Waals surface area contributed by atoms with E-state index in [2.05, 4.69) is 10.1 Å². The Morgan fingerprint density at radius 2 is 1.78 bits per heavy atom. The molecular weight excluding hydrogens is 358 g/mol. The molecule has 140 valence electrons. The lowest BCUT2D eigenvalue weighted by atomic mass is 10.0. The predicted molar refractivity (Wildman–Crippen MR) is 93.2 cm³/mol. The minimum atomic E-state index is -1.21. The van der Waals surface area contributed by atoms with Gasteiger partial charge in [0.15, 0.2) is 0 Å². The first kappa shape index (κ1) is 19.5. The molecule has 0 radical (unpaired) electrons. The Balaban J connectivity index is 2.26. The maximum absolute atomic E-state index is 12.4. The molecule has 2 aromatic rings. The third-order valence-corrected chi connectivity index (χ3v) is 3.72. The molecule has 10 heteroatoms. The minimum Gasteiger partial charge on any atom is -0.467 e. The fourth-order valence-corrected chi connectivity index (χ4v) is 2.42. The van der Waals surface area contributed by atoms with Crippen molar-refractivity contribution < 1.29 is 24.2 Å². The molecule has 0 bridgehead atoms. The molecule has 0 aliphatic heterocycles. The van der Waals surface area contributed by atoms with Crippen molar-refractivity contribution in [2.75, 3.05) is 7.11 Å². The molecule has 1 atom stereocenters. The van der Waals surface area contributed by atoms with Crippen LogP contribution in [0.15, 0.2) is 48.5 Å². The van der Waals surface area contributed by atoms with Gasteiger partial charge in [0.1, 0.15) is 6.04 Å². The van der Waals surface area contributed by atoms with Gasteiger partial charge in [0.05, 0.1) is 17.0 Å². The first-order valence-electron chi connectivity index (χ1n) is 7.69. The summed E-state index contributed by atoms with van der Waals surface area (Å²) in [5.74, 6) is -1.54. The Morgan fingerprint density at radius 1 is 1.07 bits per heavy atom. The fourth-order valence-electron chi connectivity index (χ4n) is 2.42. The van der Waals surface area contributed by atoms with Crippen molar-refractivity contribution in [2.45, 2.75) is 12.5 Å². The molecule has 10 nitrogen and oxygen atoms in total. The van der Waals surface area contributed by atoms with Crippen molar-refractivity contribution in [3.05, 3.63) is 79.9 Å². The topological polar surface area (TPSA) is 142 Å². The normalized spacial score (nSPS) is 11.3. The van der Waals surface area contributed by atoms with Gasteiger partial charge in [0, 0.05) is 35.7 Å². The summed E-state index contributed by atoms with van der Waals surface area (Å²) in [5, 5.41) is 24.4. The lowest BCUT2D eigenvalue weighted by Gasteiger charge is -2.16. The van der Waals surface area contributed by atoms with E-state index in [4.69, 9.17) is 0 Å². The fraction of sp³-hybridized carbons (Fsp3) is 0.176. The minimum absolute atomic E-state index is 0.0272. The standard InChI is InChI=1S/C17H15N3O7/c1-27-17(22)14(10-11-5-2-3-8-15(11)20(25)26)18-16(21)12-6-4-7-13(9-12)19(23)24/h2-9,14H,10H2,1H3,(H,18,21)/t14-/m1/s1. The molecule has 2 rings (SSSR count). The summed E-state index contributed by atoms with van der Waals surface area (Å²) < 4.78 is 4.65. The van der Waals surface area contributed by atoms with Crippen molar-refractivity contribution in [1.29, 1.82) is 0 Å². The molecule has 27 heavy (non-hydrogen) atoms. The van der Waals surface area contributed by atoms with E-state index in [0.29, 0.717) is 0 Å². The van der Waals surface area contributed by atoms with Gasteiger partial charge in [-0.05, 0) is 6.07 Å². The van der Waals surface area contributed by atoms with Gasteiger partial charge >= 0.3 is 5.97 Å². The van der Waals surface area contributed by atoms with Crippen LogP contribution in [-0.2, 0) is 16.0 Å². The maximum atomic E-state index is 12.4. The first-order chi connectivity index (χ1) is 12.8. The molecule has 0 aromatic heterocycles. The summed E-state index contributed by atoms with van der Waals surface area (Å²) in [7, 11) is 1.12. The van der Waals surface area contributed by atoms with Crippen LogP contribution in [0.5, 0.6) is 0 Å². The molecule has 0 saturated carbocycles. The first-order valence-corrected chi connectivity index (χ1v) is 7.69. The van der Waals surface area contributed by atoms with E-state index in [1.54, 1.807) is 6.07 Å². The largest absolute Gasteiger partial charge is 0.467 e. The number of para-hydroxylation sites is 1. The smallest absolute Gasteiger partial charge is 0.328 e. The number of nitrogens with zero attached hydrogens (tertiary/aromatic N) is 2. The molecule has 0 aliphatic carbocycles. The van der Waals surface area contributed by atoms with Crippen LogP contribution >= 0.6 is 0 Å². The van der Waals surface area contributed by atoms with Crippen molar-refractivity contribution >= 4 is 23.3 Å². The molecule has 1 N–H and O–H groups in total. The number of carbonyl (C=O) groups is 2. The van der Waals surface area contributed by atoms with Crippen LogP contribution in [0.3, 0.4) is 0 Å². The van der Waals surface area contributed by atoms with Crippen molar-refractivity contribution in [3.8, 4) is 0 Å². The third-order valence-electron chi connectivity index (χ3n) is 3.72. The molecule has 0 unspecified atom stereocenters. The zero-order chi connectivity index (χ0) is 20.0. The lowest BCUT2D eigenvalue weighted by molar-refractivity contribution is -0.385. The van der Waals surface area contributed by atoms with Gasteiger partial charge in [-0.1, -0.05) is 24.3 Å². The zero-order valence-electron chi connectivity index (χ0n) is 14.2. The molecule has 0 spiro atoms. The Morgan fingerprint density at radius 3 is 2.41 bits per heavy atom. The summed E-state index contributed by atoms with van der Waals surface area (Å²) in [4.78, 5) is 45.1. The van der Waals surface area contributed by atoms with E-state index in [0.717, 1.165) is 13.2 Å². The second-order valence-electron chi connectivity index (χ2n) is 5.45. The number of esters is 1. The highest BCUT2D eigenvalue weighted by Gasteiger charge is 2.26. The number of hydrogen-bond donors (Lipinski definition) is 1. The van der Waals surface area contributed by atoms with Gasteiger partial charge in [0.2, 0.25) is 0 Å². The monoisotopic (exact) mass is 373 g/mol. The SMILES string of the molecule is COC(=O)[C@@H](Cc1ccccc1[N+](=O)[O-])NC(=O)c1cccc([N+](=O)[O-])c1. The van der Waals surface area contributed by atoms with Crippen LogP contribution in [0.4, 0.5) is 11.4 Å². The highest BCUT2D eigenvalue weighted by Crippen LogP contribution is 2.20. The van der Waals surface area contributed by atoms with E-state index in [1.807, 2.05) is 0 Å². The highest BCUT2D eigenvalue weighted by atomic mass is 16.6. The summed E-state index contributed by atoms with van der Waals surface area (Å²) >= 11 is 0. The molecule has 2 aromatic carbocycles. The van der Waals surface area contributed by atoms with Crippen LogP contribution < -0.4 is 5.32 Å². The van der Waals surface area contributed by atoms with Crippen LogP contribution in [0.25, 0.3) is 0 Å². The predicted octanol–water partition coefficient (Wildman–Crippen LogP) is 2.02. The molecular formula is C17H15N3O7. The number of nitro benzene ring substituents is 2. The van der Waals surface area contributed by atoms with Gasteiger partial charge in [-0.15, -0.1) is 0 Å². The average molecular weight is 373 g/mol. The Labute approximate surface area is 153 Å². The molecule has 0 fully saturated rings. The van der Waals surface area contributed by atoms with Gasteiger partial charge in [-0.3, -0.25) is 25.0 Å². The van der Waals surface area contributed by atoms with E-state index in [1.165, 1.54) is 36.4 Å². The third kappa shape index (κ3) is 4.84. The van der Waals surface area contributed by atoms with E-state index >= 15 is 0 Å². The summed E-state index contributed by atoms with van der Waals surface area (Å²) in [6, 6.07) is 9.57. The number of hydrogen-bond acceptors (Lipinski definition) is 7. The number of methoxy groups -OCH3 is 1. The number of nitro groups is 2. The molecule has 0 saturated heterocycles. The van der Waals surface area contributed by atoms with Crippen LogP contribution in [0.2, 0.25) is 0 Å². The maximum Gasteiger partial charge on any atom is 0.328 e. The number of nitrogens with one attached hydrogen (secondary N) is 1. The average Bonchev–Trinajstić information content (AvgIpc) is 2.67. The van der Waals surface area contributed by atoms with E-state index in [9.17, 15) is 29.8 Å². The summed E-state index contributed by atoms with van der Waals surface area (Å²) in [5.41, 5.74) is -0.273. The van der Waals surface area contributed by atoms with Crippen LogP contribution in [-0.4, -0.2) is 34.9 Å². The van der Waals surface area contributed by atoms with Crippen molar-refractivity contribution in [2.24, 2.45) is 0 Å². The Bertz CT molecular complexity index is 898. The second kappa shape index (κ2) is 8.52. The second-order valence-corrected chi connectivity index (χ2v) is 5.45. The molecule has 0 heterocycles. The van der Waals surface area contributed by atoms with Gasteiger partial charge < -0.3 is 10.1 Å². The lowest BCUT2D eigenvalue weighted by Crippen LogP contribution is -2.43. The Kier molecular flexibility index (Phi) is 6.15. The number of ether oxygens (including phenoxy) is 1. The molecule has 0 aliphatic rings. The van der Waals surface area contributed by atoms with Crippen molar-refractivity contribution in [1.82, 2.24) is 5.32 Å². The highest BCUT2D eigenvalue weighted by molar-refractivity contribution is 5.97. The number of non-ortho nitro benzene ring substituents is 1. The zero-order valence-corrected chi connectivity index (χ0v) is 14.2. The van der Waals surface area contributed by atoms with Crippen molar-refractivity contribution in [3.63, 3.8) is 0 Å². The quantitative estimate of drug-likeness (QED) is 0.444. The number of rotatable bonds is 7. The number of amides is 1. The number of benzene rings is 2. The summed E-state index contributed by atoms with van der Waals surface area (Å²) in [6.07, 6.45) is -0.176. The van der Waals surface area contributed by atoms with Crippen LogP contribution in [0.1, 0.15) is 15.9 Å². The van der Waals surface area contributed by atoms with Crippen LogP contribution in [0, 0.1) is 20.2 Å². The van der Waals surface area contributed by atoms with Gasteiger partial charge in [0.25, 0.3) is 17.3 Å². The summed E-state index contributed by atoms with van der Waals surface area (Å²) in [6.45, 7) is 0. The van der Waals surface area contributed by atoms with E-state index < -0.39 is 27.8 Å². The van der Waals surface area contributed by atoms with Gasteiger partial charge in [-0.2, -0.15) is 0 Å². The van der Waals surface area contributed by atoms with E-state index in [-0.39, 0.29) is 28.9 Å². The van der Waals surface area contributed by atoms with Gasteiger partial charge in [-0.25, -0.2) is 4.79 Å².